The molecule has 3 heteroatoms. The van der Waals surface area contributed by atoms with Gasteiger partial charge in [0.15, 0.2) is 0 Å². The Kier molecular flexibility index (Phi) is 6.06. The first-order valence-electron chi connectivity index (χ1n) is 7.75. The SMILES string of the molecule is O=C(O)CCCN(CCc1ccccc1)C1CCCC1. The van der Waals surface area contributed by atoms with Crippen LogP contribution >= 0.6 is 0 Å². The Morgan fingerprint density at radius 1 is 1.15 bits per heavy atom. The van der Waals surface area contributed by atoms with Gasteiger partial charge in [0.1, 0.15) is 0 Å². The lowest BCUT2D eigenvalue weighted by atomic mass is 10.1. The van der Waals surface area contributed by atoms with Crippen molar-refractivity contribution in [2.45, 2.75) is 51.0 Å². The molecule has 1 saturated carbocycles. The first kappa shape index (κ1) is 15.0. The molecule has 0 atom stereocenters. The molecule has 0 aromatic heterocycles. The number of carboxylic acid groups (broad SMARTS) is 1. The highest BCUT2D eigenvalue weighted by Gasteiger charge is 2.22. The molecular formula is C17H25NO2. The maximum absolute atomic E-state index is 10.7. The van der Waals surface area contributed by atoms with Crippen LogP contribution in [0.3, 0.4) is 0 Å². The first-order chi connectivity index (χ1) is 9.75. The quantitative estimate of drug-likeness (QED) is 0.791. The van der Waals surface area contributed by atoms with E-state index in [2.05, 4.69) is 29.2 Å². The van der Waals surface area contributed by atoms with Gasteiger partial charge in [0.2, 0.25) is 0 Å². The van der Waals surface area contributed by atoms with E-state index in [1.165, 1.54) is 31.2 Å². The maximum atomic E-state index is 10.7. The molecule has 2 rings (SSSR count). The van der Waals surface area contributed by atoms with Crippen LogP contribution in [-0.2, 0) is 11.2 Å². The number of nitrogens with zero attached hydrogens (tertiary/aromatic N) is 1. The second kappa shape index (κ2) is 8.05. The van der Waals surface area contributed by atoms with Gasteiger partial charge >= 0.3 is 5.97 Å². The van der Waals surface area contributed by atoms with Crippen LogP contribution in [0.15, 0.2) is 30.3 Å². The predicted molar refractivity (Wildman–Crippen MR) is 80.8 cm³/mol. The average Bonchev–Trinajstić information content (AvgIpc) is 2.97. The third-order valence-corrected chi connectivity index (χ3v) is 4.21. The van der Waals surface area contributed by atoms with Crippen molar-refractivity contribution in [3.8, 4) is 0 Å². The zero-order valence-corrected chi connectivity index (χ0v) is 12.1. The molecule has 0 saturated heterocycles. The fraction of sp³-hybridized carbons (Fsp3) is 0.588. The van der Waals surface area contributed by atoms with Crippen molar-refractivity contribution in [2.24, 2.45) is 0 Å². The predicted octanol–water partition coefficient (Wildman–Crippen LogP) is 3.34. The molecule has 0 bridgehead atoms. The zero-order valence-electron chi connectivity index (χ0n) is 12.1. The van der Waals surface area contributed by atoms with Crippen molar-refractivity contribution in [3.63, 3.8) is 0 Å². The molecule has 0 radical (unpaired) electrons. The molecule has 1 fully saturated rings. The molecule has 0 heterocycles. The lowest BCUT2D eigenvalue weighted by Crippen LogP contribution is -2.36. The van der Waals surface area contributed by atoms with Crippen LogP contribution in [0.1, 0.15) is 44.1 Å². The minimum Gasteiger partial charge on any atom is -0.481 e. The van der Waals surface area contributed by atoms with Gasteiger partial charge in [-0.2, -0.15) is 0 Å². The van der Waals surface area contributed by atoms with Gasteiger partial charge in [0.05, 0.1) is 0 Å². The zero-order chi connectivity index (χ0) is 14.2. The summed E-state index contributed by atoms with van der Waals surface area (Å²) in [5.74, 6) is -0.681. The normalized spacial score (nSPS) is 15.8. The van der Waals surface area contributed by atoms with Crippen LogP contribution in [0, 0.1) is 0 Å². The third kappa shape index (κ3) is 4.97. The van der Waals surface area contributed by atoms with Gasteiger partial charge in [-0.15, -0.1) is 0 Å². The first-order valence-corrected chi connectivity index (χ1v) is 7.75. The van der Waals surface area contributed by atoms with Crippen LogP contribution in [0.4, 0.5) is 0 Å². The largest absolute Gasteiger partial charge is 0.481 e. The number of carbonyl (C=O) groups is 1. The summed E-state index contributed by atoms with van der Waals surface area (Å²) >= 11 is 0. The third-order valence-electron chi connectivity index (χ3n) is 4.21. The Hall–Kier alpha value is -1.35. The molecule has 0 amide bonds. The second-order valence-electron chi connectivity index (χ2n) is 5.71. The van der Waals surface area contributed by atoms with Crippen LogP contribution in [0.5, 0.6) is 0 Å². The van der Waals surface area contributed by atoms with E-state index < -0.39 is 5.97 Å². The van der Waals surface area contributed by atoms with Crippen molar-refractivity contribution < 1.29 is 9.90 Å². The van der Waals surface area contributed by atoms with Crippen LogP contribution in [0.2, 0.25) is 0 Å². The van der Waals surface area contributed by atoms with Crippen molar-refractivity contribution in [3.05, 3.63) is 35.9 Å². The molecule has 20 heavy (non-hydrogen) atoms. The van der Waals surface area contributed by atoms with Gasteiger partial charge < -0.3 is 10.0 Å². The van der Waals surface area contributed by atoms with Gasteiger partial charge in [-0.3, -0.25) is 4.79 Å². The van der Waals surface area contributed by atoms with E-state index in [9.17, 15) is 4.79 Å². The topological polar surface area (TPSA) is 40.5 Å². The van der Waals surface area contributed by atoms with Crippen LogP contribution in [-0.4, -0.2) is 35.1 Å². The fourth-order valence-electron chi connectivity index (χ4n) is 3.10. The highest BCUT2D eigenvalue weighted by atomic mass is 16.4. The lowest BCUT2D eigenvalue weighted by molar-refractivity contribution is -0.137. The van der Waals surface area contributed by atoms with Crippen molar-refractivity contribution in [1.29, 1.82) is 0 Å². The van der Waals surface area contributed by atoms with E-state index in [-0.39, 0.29) is 6.42 Å². The molecule has 110 valence electrons. The number of hydrogen-bond acceptors (Lipinski definition) is 2. The monoisotopic (exact) mass is 275 g/mol. The minimum absolute atomic E-state index is 0.286. The molecule has 0 spiro atoms. The van der Waals surface area contributed by atoms with E-state index >= 15 is 0 Å². The van der Waals surface area contributed by atoms with Gasteiger partial charge in [0, 0.05) is 19.0 Å². The standard InChI is InChI=1S/C17H25NO2/c19-17(20)11-6-13-18(16-9-4-5-10-16)14-12-15-7-2-1-3-8-15/h1-3,7-8,16H,4-6,9-14H2,(H,19,20). The summed E-state index contributed by atoms with van der Waals surface area (Å²) in [4.78, 5) is 13.2. The summed E-state index contributed by atoms with van der Waals surface area (Å²) in [5.41, 5.74) is 1.37. The van der Waals surface area contributed by atoms with E-state index in [0.717, 1.165) is 25.9 Å². The van der Waals surface area contributed by atoms with Crippen LogP contribution < -0.4 is 0 Å². The average molecular weight is 275 g/mol. The molecule has 1 aliphatic carbocycles. The highest BCUT2D eigenvalue weighted by Crippen LogP contribution is 2.24. The minimum atomic E-state index is -0.681. The molecule has 0 aliphatic heterocycles. The van der Waals surface area contributed by atoms with E-state index in [1.807, 2.05) is 6.07 Å². The molecule has 1 aromatic carbocycles. The Balaban J connectivity index is 1.83. The molecule has 1 N–H and O–H groups in total. The summed E-state index contributed by atoms with van der Waals surface area (Å²) in [6.07, 6.45) is 7.32. The number of aliphatic carboxylic acids is 1. The number of benzene rings is 1. The second-order valence-corrected chi connectivity index (χ2v) is 5.71. The molecule has 0 unspecified atom stereocenters. The van der Waals surface area contributed by atoms with Gasteiger partial charge in [-0.25, -0.2) is 0 Å². The molecule has 1 aliphatic rings. The molecule has 3 nitrogen and oxygen atoms in total. The van der Waals surface area contributed by atoms with Crippen LogP contribution in [0.25, 0.3) is 0 Å². The maximum Gasteiger partial charge on any atom is 0.303 e. The van der Waals surface area contributed by atoms with Gasteiger partial charge in [-0.1, -0.05) is 43.2 Å². The molecular weight excluding hydrogens is 250 g/mol. The summed E-state index contributed by atoms with van der Waals surface area (Å²) < 4.78 is 0. The van der Waals surface area contributed by atoms with Crippen molar-refractivity contribution >= 4 is 5.97 Å². The molecule has 1 aromatic rings. The Bertz CT molecular complexity index is 399. The summed E-state index contributed by atoms with van der Waals surface area (Å²) in [6.45, 7) is 1.97. The number of carboxylic acids is 1. The van der Waals surface area contributed by atoms with Crippen molar-refractivity contribution in [2.75, 3.05) is 13.1 Å². The number of rotatable bonds is 8. The van der Waals surface area contributed by atoms with E-state index in [0.29, 0.717) is 6.04 Å². The van der Waals surface area contributed by atoms with Gasteiger partial charge in [0.25, 0.3) is 0 Å². The summed E-state index contributed by atoms with van der Waals surface area (Å²) in [7, 11) is 0. The van der Waals surface area contributed by atoms with Gasteiger partial charge in [-0.05, 0) is 37.8 Å². The summed E-state index contributed by atoms with van der Waals surface area (Å²) in [6, 6.07) is 11.2. The van der Waals surface area contributed by atoms with E-state index in [4.69, 9.17) is 5.11 Å². The van der Waals surface area contributed by atoms with Crippen molar-refractivity contribution in [1.82, 2.24) is 4.90 Å². The highest BCUT2D eigenvalue weighted by molar-refractivity contribution is 5.66. The number of hydrogen-bond donors (Lipinski definition) is 1. The Morgan fingerprint density at radius 2 is 1.85 bits per heavy atom. The smallest absolute Gasteiger partial charge is 0.303 e. The Morgan fingerprint density at radius 3 is 2.50 bits per heavy atom. The lowest BCUT2D eigenvalue weighted by Gasteiger charge is -2.28. The van der Waals surface area contributed by atoms with E-state index in [1.54, 1.807) is 0 Å². The fourth-order valence-corrected chi connectivity index (χ4v) is 3.10. The Labute approximate surface area is 121 Å². The summed E-state index contributed by atoms with van der Waals surface area (Å²) in [5, 5.41) is 8.78.